The lowest BCUT2D eigenvalue weighted by Gasteiger charge is -2.34. The van der Waals surface area contributed by atoms with Crippen LogP contribution in [0.2, 0.25) is 0 Å². The number of allylic oxidation sites excluding steroid dienone is 1. The molecule has 2 atom stereocenters. The van der Waals surface area contributed by atoms with Gasteiger partial charge in [0.25, 0.3) is 0 Å². The molecule has 7 heteroatoms. The number of benzene rings is 1. The number of hydrogen-bond acceptors (Lipinski definition) is 5. The number of amides is 2. The van der Waals surface area contributed by atoms with Crippen molar-refractivity contribution >= 4 is 11.7 Å². The average Bonchev–Trinajstić information content (AvgIpc) is 2.85. The van der Waals surface area contributed by atoms with Gasteiger partial charge in [-0.05, 0) is 37.7 Å². The van der Waals surface area contributed by atoms with E-state index in [1.54, 1.807) is 7.11 Å². The van der Waals surface area contributed by atoms with E-state index in [1.165, 1.54) is 11.1 Å². The summed E-state index contributed by atoms with van der Waals surface area (Å²) in [7, 11) is 3.80. The number of ether oxygens (including phenoxy) is 2. The van der Waals surface area contributed by atoms with Crippen molar-refractivity contribution in [1.82, 2.24) is 10.3 Å². The number of nitrogens with two attached hydrogens (primary N) is 1. The van der Waals surface area contributed by atoms with Gasteiger partial charge in [-0.2, -0.15) is 5.10 Å². The van der Waals surface area contributed by atoms with Crippen LogP contribution < -0.4 is 20.6 Å². The molecular weight excluding hydrogens is 320 g/mol. The third kappa shape index (κ3) is 2.46. The number of hydrazone groups is 1. The smallest absolute Gasteiger partial charge is 0.332 e. The largest absolute Gasteiger partial charge is 0.493 e. The maximum absolute atomic E-state index is 10.9. The highest BCUT2D eigenvalue weighted by Gasteiger charge is 2.52. The van der Waals surface area contributed by atoms with Gasteiger partial charge in [0.05, 0.1) is 18.2 Å². The fourth-order valence-corrected chi connectivity index (χ4v) is 4.17. The fourth-order valence-electron chi connectivity index (χ4n) is 4.17. The Bertz CT molecular complexity index is 789. The minimum absolute atomic E-state index is 0.0672. The second kappa shape index (κ2) is 5.77. The van der Waals surface area contributed by atoms with Gasteiger partial charge >= 0.3 is 6.03 Å². The van der Waals surface area contributed by atoms with Gasteiger partial charge in [-0.1, -0.05) is 12.1 Å². The van der Waals surface area contributed by atoms with Gasteiger partial charge in [0, 0.05) is 18.5 Å². The number of primary amides is 1. The molecule has 1 aromatic carbocycles. The van der Waals surface area contributed by atoms with E-state index >= 15 is 0 Å². The molecule has 2 unspecified atom stereocenters. The lowest BCUT2D eigenvalue weighted by atomic mass is 9.69. The van der Waals surface area contributed by atoms with Crippen LogP contribution in [0.3, 0.4) is 0 Å². The van der Waals surface area contributed by atoms with Gasteiger partial charge < -0.3 is 20.1 Å². The summed E-state index contributed by atoms with van der Waals surface area (Å²) in [6.07, 6.45) is 5.66. The van der Waals surface area contributed by atoms with Crippen molar-refractivity contribution in [2.75, 3.05) is 20.7 Å². The molecule has 3 aliphatic rings. The summed E-state index contributed by atoms with van der Waals surface area (Å²) in [5.74, 6) is 1.60. The summed E-state index contributed by atoms with van der Waals surface area (Å²) >= 11 is 0. The molecule has 0 fully saturated rings. The van der Waals surface area contributed by atoms with Crippen LogP contribution in [0.25, 0.3) is 0 Å². The lowest BCUT2D eigenvalue weighted by Crippen LogP contribution is -2.42. The molecule has 2 amide bonds. The molecule has 0 saturated heterocycles. The Morgan fingerprint density at radius 2 is 2.36 bits per heavy atom. The van der Waals surface area contributed by atoms with Crippen LogP contribution in [0.1, 0.15) is 24.0 Å². The first kappa shape index (κ1) is 16.0. The minimum atomic E-state index is -0.670. The normalized spacial score (nSPS) is 28.7. The first-order valence-electron chi connectivity index (χ1n) is 8.40. The van der Waals surface area contributed by atoms with E-state index in [4.69, 9.17) is 15.2 Å². The number of carbonyl (C=O) groups is 1. The second-order valence-electron chi connectivity index (χ2n) is 6.88. The van der Waals surface area contributed by atoms with Gasteiger partial charge in [-0.25, -0.2) is 10.2 Å². The molecule has 0 bridgehead atoms. The number of hydrogen-bond donors (Lipinski definition) is 2. The Balaban J connectivity index is 1.81. The van der Waals surface area contributed by atoms with Gasteiger partial charge in [-0.15, -0.1) is 0 Å². The van der Waals surface area contributed by atoms with E-state index in [2.05, 4.69) is 34.6 Å². The molecule has 25 heavy (non-hydrogen) atoms. The van der Waals surface area contributed by atoms with E-state index in [1.807, 2.05) is 12.1 Å². The molecule has 0 saturated carbocycles. The van der Waals surface area contributed by atoms with Gasteiger partial charge in [0.1, 0.15) is 6.10 Å². The van der Waals surface area contributed by atoms with E-state index in [0.29, 0.717) is 6.42 Å². The van der Waals surface area contributed by atoms with Crippen LogP contribution in [0, 0.1) is 0 Å². The van der Waals surface area contributed by atoms with Crippen molar-refractivity contribution in [2.45, 2.75) is 30.9 Å². The zero-order valence-corrected chi connectivity index (χ0v) is 14.4. The maximum atomic E-state index is 10.9. The van der Waals surface area contributed by atoms with Crippen molar-refractivity contribution in [3.63, 3.8) is 0 Å². The predicted octanol–water partition coefficient (Wildman–Crippen LogP) is 1.51. The second-order valence-corrected chi connectivity index (χ2v) is 6.88. The van der Waals surface area contributed by atoms with Crippen LogP contribution >= 0.6 is 0 Å². The zero-order chi connectivity index (χ0) is 17.6. The Morgan fingerprint density at radius 1 is 1.52 bits per heavy atom. The summed E-state index contributed by atoms with van der Waals surface area (Å²) in [4.78, 5) is 13.2. The number of methoxy groups -OCH3 is 1. The third-order valence-electron chi connectivity index (χ3n) is 5.35. The fraction of sp³-hybridized carbons (Fsp3) is 0.444. The van der Waals surface area contributed by atoms with E-state index < -0.39 is 6.03 Å². The quantitative estimate of drug-likeness (QED) is 0.798. The Labute approximate surface area is 146 Å². The summed E-state index contributed by atoms with van der Waals surface area (Å²) in [6, 6.07) is 3.45. The van der Waals surface area contributed by atoms with E-state index in [9.17, 15) is 4.79 Å². The highest BCUT2D eigenvalue weighted by Crippen LogP contribution is 2.55. The molecule has 2 heterocycles. The third-order valence-corrected chi connectivity index (χ3v) is 5.35. The monoisotopic (exact) mass is 342 g/mol. The van der Waals surface area contributed by atoms with E-state index in [0.717, 1.165) is 36.7 Å². The van der Waals surface area contributed by atoms with Crippen molar-refractivity contribution in [2.24, 2.45) is 10.8 Å². The topological polar surface area (TPSA) is 89.2 Å². The first-order valence-corrected chi connectivity index (χ1v) is 8.40. The number of carbonyl (C=O) groups excluding carboxylic acids is 1. The molecule has 3 N–H and O–H groups in total. The predicted molar refractivity (Wildman–Crippen MR) is 94.0 cm³/mol. The summed E-state index contributed by atoms with van der Waals surface area (Å²) in [6.45, 7) is 1.87. The summed E-state index contributed by atoms with van der Waals surface area (Å²) in [5, 5.41) is 4.08. The molecule has 0 aromatic heterocycles. The zero-order valence-electron chi connectivity index (χ0n) is 14.4. The highest BCUT2D eigenvalue weighted by molar-refractivity contribution is 5.97. The summed E-state index contributed by atoms with van der Waals surface area (Å²) in [5.41, 5.74) is 10.5. The van der Waals surface area contributed by atoms with Crippen LogP contribution in [0.15, 0.2) is 29.4 Å². The van der Waals surface area contributed by atoms with Gasteiger partial charge in [-0.3, -0.25) is 0 Å². The first-order chi connectivity index (χ1) is 12.0. The van der Waals surface area contributed by atoms with Gasteiger partial charge in [0.15, 0.2) is 11.5 Å². The molecule has 1 spiro atoms. The van der Waals surface area contributed by atoms with Crippen molar-refractivity contribution in [1.29, 1.82) is 0 Å². The Hall–Kier alpha value is -2.54. The molecule has 2 aliphatic heterocycles. The van der Waals surface area contributed by atoms with Crippen molar-refractivity contribution in [3.05, 3.63) is 35.4 Å². The molecular formula is C18H22N4O3. The molecule has 7 nitrogen and oxygen atoms in total. The molecule has 4 rings (SSSR count). The van der Waals surface area contributed by atoms with E-state index in [-0.39, 0.29) is 11.5 Å². The molecule has 0 radical (unpaired) electrons. The van der Waals surface area contributed by atoms with Gasteiger partial charge in [0.2, 0.25) is 0 Å². The number of rotatable bonds is 2. The van der Waals surface area contributed by atoms with Crippen molar-refractivity contribution < 1.29 is 14.3 Å². The average molecular weight is 342 g/mol. The minimum Gasteiger partial charge on any atom is -0.493 e. The highest BCUT2D eigenvalue weighted by atomic mass is 16.5. The SMILES string of the molecule is COc1ccc2c3c1OC1C/C(=N/NC(N)=O)C=CC31CCN(C)C2. The molecule has 132 valence electrons. The molecule has 1 aromatic rings. The number of urea groups is 1. The number of nitrogens with one attached hydrogen (secondary N) is 1. The Morgan fingerprint density at radius 3 is 3.12 bits per heavy atom. The van der Waals surface area contributed by atoms with Crippen LogP contribution in [0.5, 0.6) is 11.5 Å². The summed E-state index contributed by atoms with van der Waals surface area (Å²) < 4.78 is 11.9. The standard InChI is InChI=1S/C18H22N4O3/c1-22-8-7-18-6-5-12(20-21-17(19)23)9-14(18)25-16-13(24-2)4-3-11(10-22)15(16)18/h3-6,14H,7-10H2,1-2H3,(H3,19,21,23)/b20-12+. The molecule has 1 aliphatic carbocycles. The lowest BCUT2D eigenvalue weighted by molar-refractivity contribution is 0.158. The van der Waals surface area contributed by atoms with Crippen LogP contribution in [0.4, 0.5) is 4.79 Å². The maximum Gasteiger partial charge on any atom is 0.332 e. The number of nitrogens with zero attached hydrogens (tertiary/aromatic N) is 2. The van der Waals surface area contributed by atoms with Crippen LogP contribution in [-0.4, -0.2) is 43.4 Å². The van der Waals surface area contributed by atoms with Crippen molar-refractivity contribution in [3.8, 4) is 11.5 Å². The Kier molecular flexibility index (Phi) is 3.68. The van der Waals surface area contributed by atoms with Crippen LogP contribution in [-0.2, 0) is 12.0 Å².